The average Bonchev–Trinajstić information content (AvgIpc) is 3.17. The molecule has 1 aliphatic rings. The molecule has 0 spiro atoms. The summed E-state index contributed by atoms with van der Waals surface area (Å²) >= 11 is 1.27. The van der Waals surface area contributed by atoms with Gasteiger partial charge in [0.2, 0.25) is 10.0 Å². The van der Waals surface area contributed by atoms with Crippen LogP contribution in [0.5, 0.6) is 0 Å². The summed E-state index contributed by atoms with van der Waals surface area (Å²) in [5.41, 5.74) is 2.12. The van der Waals surface area contributed by atoms with Crippen molar-refractivity contribution in [2.45, 2.75) is 44.3 Å². The molecule has 0 aliphatic carbocycles. The lowest BCUT2D eigenvalue weighted by atomic mass is 9.98. The van der Waals surface area contributed by atoms with Crippen molar-refractivity contribution in [3.63, 3.8) is 0 Å². The fourth-order valence-corrected chi connectivity index (χ4v) is 9.33. The van der Waals surface area contributed by atoms with E-state index in [1.54, 1.807) is 13.0 Å². The van der Waals surface area contributed by atoms with Crippen LogP contribution >= 0.6 is 11.3 Å². The molecule has 3 rings (SSSR count). The summed E-state index contributed by atoms with van der Waals surface area (Å²) in [5.74, 6) is -1.68. The standard InChI is InChI=1S/C22H29NO6S3/c1-3-14-32(28,29)23-12-11-22(16-21(24)25,31(26,27)15-13-23)20-10-9-19(30-20)18-7-5-17(4-2)6-8-18/h5-10H,3-4,11-16H2,1-2H3,(H,24,25)/t22-/m0/s1. The summed E-state index contributed by atoms with van der Waals surface area (Å²) < 4.78 is 51.6. The van der Waals surface area contributed by atoms with Crippen LogP contribution < -0.4 is 0 Å². The molecule has 0 unspecified atom stereocenters. The molecule has 1 atom stereocenters. The average molecular weight is 500 g/mol. The predicted octanol–water partition coefficient (Wildman–Crippen LogP) is 3.51. The maximum Gasteiger partial charge on any atom is 0.305 e. The lowest BCUT2D eigenvalue weighted by Crippen LogP contribution is -2.39. The molecule has 0 radical (unpaired) electrons. The Hall–Kier alpha value is -1.75. The maximum atomic E-state index is 13.4. The molecule has 10 heteroatoms. The second kappa shape index (κ2) is 9.62. The predicted molar refractivity (Wildman–Crippen MR) is 127 cm³/mol. The van der Waals surface area contributed by atoms with Crippen LogP contribution in [0.15, 0.2) is 36.4 Å². The minimum atomic E-state index is -3.93. The number of thiophene rings is 1. The van der Waals surface area contributed by atoms with Crippen molar-refractivity contribution in [3.05, 3.63) is 46.8 Å². The molecular weight excluding hydrogens is 470 g/mol. The van der Waals surface area contributed by atoms with Gasteiger partial charge in [-0.3, -0.25) is 4.79 Å². The minimum absolute atomic E-state index is 0.0206. The van der Waals surface area contributed by atoms with Crippen LogP contribution in [0.2, 0.25) is 0 Å². The quantitative estimate of drug-likeness (QED) is 0.595. The number of hydrogen-bond donors (Lipinski definition) is 1. The van der Waals surface area contributed by atoms with Crippen molar-refractivity contribution in [2.75, 3.05) is 24.6 Å². The Kier molecular flexibility index (Phi) is 7.48. The van der Waals surface area contributed by atoms with E-state index in [1.807, 2.05) is 30.3 Å². The number of aliphatic carboxylic acids is 1. The molecule has 176 valence electrons. The Morgan fingerprint density at radius 2 is 1.81 bits per heavy atom. The molecule has 1 saturated heterocycles. The first-order valence-electron chi connectivity index (χ1n) is 10.7. The molecule has 1 aliphatic heterocycles. The first-order chi connectivity index (χ1) is 15.0. The number of rotatable bonds is 8. The number of hydrogen-bond acceptors (Lipinski definition) is 6. The van der Waals surface area contributed by atoms with Crippen molar-refractivity contribution in [1.29, 1.82) is 0 Å². The van der Waals surface area contributed by atoms with Crippen LogP contribution in [0.3, 0.4) is 0 Å². The third kappa shape index (κ3) is 4.93. The molecule has 0 saturated carbocycles. The number of nitrogens with zero attached hydrogens (tertiary/aromatic N) is 1. The van der Waals surface area contributed by atoms with Crippen LogP contribution in [0, 0.1) is 0 Å². The van der Waals surface area contributed by atoms with Gasteiger partial charge in [0.15, 0.2) is 9.84 Å². The number of sulfonamides is 1. The summed E-state index contributed by atoms with van der Waals surface area (Å²) in [4.78, 5) is 13.1. The lowest BCUT2D eigenvalue weighted by Gasteiger charge is -2.29. The molecule has 2 aromatic rings. The molecule has 0 amide bonds. The van der Waals surface area contributed by atoms with Gasteiger partial charge < -0.3 is 5.11 Å². The minimum Gasteiger partial charge on any atom is -0.481 e. The van der Waals surface area contributed by atoms with Gasteiger partial charge in [-0.2, -0.15) is 0 Å². The first-order valence-corrected chi connectivity index (χ1v) is 14.7. The lowest BCUT2D eigenvalue weighted by molar-refractivity contribution is -0.137. The van der Waals surface area contributed by atoms with Crippen molar-refractivity contribution < 1.29 is 26.7 Å². The SMILES string of the molecule is CCCS(=O)(=O)N1CC[C@](CC(=O)O)(c2ccc(-c3ccc(CC)cc3)s2)S(=O)(=O)CC1. The maximum absolute atomic E-state index is 13.4. The zero-order valence-corrected chi connectivity index (χ0v) is 20.7. The van der Waals surface area contributed by atoms with Crippen LogP contribution in [-0.4, -0.2) is 56.8 Å². The van der Waals surface area contributed by atoms with E-state index in [2.05, 4.69) is 6.92 Å². The highest BCUT2D eigenvalue weighted by Crippen LogP contribution is 2.45. The summed E-state index contributed by atoms with van der Waals surface area (Å²) in [6.07, 6.45) is 0.662. The Labute approximate surface area is 194 Å². The van der Waals surface area contributed by atoms with Gasteiger partial charge in [0.25, 0.3) is 0 Å². The van der Waals surface area contributed by atoms with Gasteiger partial charge in [0, 0.05) is 22.8 Å². The smallest absolute Gasteiger partial charge is 0.305 e. The van der Waals surface area contributed by atoms with E-state index in [4.69, 9.17) is 0 Å². The van der Waals surface area contributed by atoms with Crippen LogP contribution in [0.1, 0.15) is 43.6 Å². The summed E-state index contributed by atoms with van der Waals surface area (Å²) in [7, 11) is -7.52. The zero-order chi connectivity index (χ0) is 23.6. The van der Waals surface area contributed by atoms with Crippen molar-refractivity contribution in [1.82, 2.24) is 4.31 Å². The molecule has 1 fully saturated rings. The molecule has 7 nitrogen and oxygen atoms in total. The fourth-order valence-electron chi connectivity index (χ4n) is 4.10. The Morgan fingerprint density at radius 1 is 1.12 bits per heavy atom. The highest BCUT2D eigenvalue weighted by atomic mass is 32.2. The highest BCUT2D eigenvalue weighted by molar-refractivity contribution is 7.92. The van der Waals surface area contributed by atoms with Gasteiger partial charge >= 0.3 is 5.97 Å². The monoisotopic (exact) mass is 499 g/mol. The third-order valence-corrected chi connectivity index (χ3v) is 12.0. The molecule has 1 N–H and O–H groups in total. The highest BCUT2D eigenvalue weighted by Gasteiger charge is 2.50. The number of carboxylic acid groups (broad SMARTS) is 1. The van der Waals surface area contributed by atoms with Gasteiger partial charge in [-0.15, -0.1) is 11.3 Å². The molecule has 0 bridgehead atoms. The van der Waals surface area contributed by atoms with E-state index < -0.39 is 42.8 Å². The van der Waals surface area contributed by atoms with E-state index >= 15 is 0 Å². The zero-order valence-electron chi connectivity index (χ0n) is 18.3. The summed E-state index contributed by atoms with van der Waals surface area (Å²) in [5, 5.41) is 9.62. The van der Waals surface area contributed by atoms with Crippen molar-refractivity contribution in [2.24, 2.45) is 0 Å². The van der Waals surface area contributed by atoms with E-state index in [-0.39, 0.29) is 25.3 Å². The number of carbonyl (C=O) groups is 1. The van der Waals surface area contributed by atoms with Crippen LogP contribution in [0.4, 0.5) is 0 Å². The van der Waals surface area contributed by atoms with E-state index in [9.17, 15) is 26.7 Å². The largest absolute Gasteiger partial charge is 0.481 e. The summed E-state index contributed by atoms with van der Waals surface area (Å²) in [6.45, 7) is 3.64. The third-order valence-electron chi connectivity index (χ3n) is 5.96. The normalized spacial score (nSPS) is 21.8. The number of aryl methyl sites for hydroxylation is 1. The Balaban J connectivity index is 2.04. The van der Waals surface area contributed by atoms with Gasteiger partial charge in [-0.1, -0.05) is 38.1 Å². The summed E-state index contributed by atoms with van der Waals surface area (Å²) in [6, 6.07) is 11.5. The Morgan fingerprint density at radius 3 is 2.41 bits per heavy atom. The van der Waals surface area contributed by atoms with E-state index in [1.165, 1.54) is 21.2 Å². The van der Waals surface area contributed by atoms with E-state index in [0.717, 1.165) is 16.9 Å². The number of benzene rings is 1. The fraction of sp³-hybridized carbons (Fsp3) is 0.500. The van der Waals surface area contributed by atoms with Gasteiger partial charge in [-0.25, -0.2) is 21.1 Å². The van der Waals surface area contributed by atoms with Crippen molar-refractivity contribution in [3.8, 4) is 10.4 Å². The molecule has 2 heterocycles. The van der Waals surface area contributed by atoms with Gasteiger partial charge in [0.05, 0.1) is 17.9 Å². The molecule has 32 heavy (non-hydrogen) atoms. The van der Waals surface area contributed by atoms with Crippen molar-refractivity contribution >= 4 is 37.2 Å². The topological polar surface area (TPSA) is 109 Å². The second-order valence-electron chi connectivity index (χ2n) is 8.06. The molecular formula is C22H29NO6S3. The van der Waals surface area contributed by atoms with Gasteiger partial charge in [-0.05, 0) is 42.5 Å². The van der Waals surface area contributed by atoms with Gasteiger partial charge in [0.1, 0.15) is 4.75 Å². The molecule has 1 aromatic heterocycles. The van der Waals surface area contributed by atoms with E-state index in [0.29, 0.717) is 11.3 Å². The van der Waals surface area contributed by atoms with Crippen LogP contribution in [-0.2, 0) is 35.8 Å². The number of carboxylic acids is 1. The Bertz CT molecular complexity index is 1170. The van der Waals surface area contributed by atoms with Crippen LogP contribution in [0.25, 0.3) is 10.4 Å². The number of sulfone groups is 1. The first kappa shape index (κ1) is 24.9. The second-order valence-corrected chi connectivity index (χ2v) is 13.7. The molecule has 1 aromatic carbocycles.